The molecule has 0 spiro atoms. The number of hydrogen-bond donors (Lipinski definition) is 1. The summed E-state index contributed by atoms with van der Waals surface area (Å²) in [7, 11) is 0. The van der Waals surface area contributed by atoms with Gasteiger partial charge in [-0.1, -0.05) is 65.7 Å². The molecular formula is C27H21BrCl2N4O3. The summed E-state index contributed by atoms with van der Waals surface area (Å²) in [6, 6.07) is 21.3. The summed E-state index contributed by atoms with van der Waals surface area (Å²) in [6.07, 6.45) is 0.321. The Hall–Kier alpha value is -3.33. The van der Waals surface area contributed by atoms with Gasteiger partial charge in [-0.25, -0.2) is 4.79 Å². The molecule has 2 heterocycles. The number of aromatic nitrogens is 2. The number of hydrogen-bond acceptors (Lipinski definition) is 3. The molecule has 0 unspecified atom stereocenters. The second kappa shape index (κ2) is 10.6. The predicted octanol–water partition coefficient (Wildman–Crippen LogP) is 5.29. The van der Waals surface area contributed by atoms with Crippen molar-refractivity contribution in [1.29, 1.82) is 0 Å². The van der Waals surface area contributed by atoms with Crippen molar-refractivity contribution in [1.82, 2.24) is 19.4 Å². The van der Waals surface area contributed by atoms with E-state index in [9.17, 15) is 14.4 Å². The number of imidazole rings is 1. The number of nitrogens with one attached hydrogen (secondary N) is 1. The third-order valence-corrected chi connectivity index (χ3v) is 7.77. The van der Waals surface area contributed by atoms with E-state index >= 15 is 0 Å². The number of benzene rings is 3. The molecule has 4 aromatic rings. The van der Waals surface area contributed by atoms with Crippen molar-refractivity contribution in [2.45, 2.75) is 19.6 Å². The number of carbonyl (C=O) groups is 2. The first-order valence-corrected chi connectivity index (χ1v) is 13.1. The fraction of sp³-hybridized carbons (Fsp3) is 0.148. The molecule has 3 aromatic carbocycles. The van der Waals surface area contributed by atoms with Crippen LogP contribution in [0, 0.1) is 0 Å². The second-order valence-electron chi connectivity index (χ2n) is 8.55. The van der Waals surface area contributed by atoms with Crippen molar-refractivity contribution < 1.29 is 9.59 Å². The molecule has 0 fully saturated rings. The third-order valence-electron chi connectivity index (χ3n) is 6.23. The molecule has 188 valence electrons. The highest BCUT2D eigenvalue weighted by Gasteiger charge is 2.32. The van der Waals surface area contributed by atoms with E-state index in [1.807, 2.05) is 30.3 Å². The standard InChI is InChI=1S/C27H21BrCl2N4O3/c28-19-14-18(10-11-20(19)29)26(36)32-13-12-23-24(25(35)31-15-17-6-2-1-3-7-17)34(27(37)33(23)16-32)22-9-5-4-8-21(22)30/h1-11,14H,12-13,15-16H2,(H,31,35). The highest BCUT2D eigenvalue weighted by atomic mass is 79.9. The van der Waals surface area contributed by atoms with Gasteiger partial charge < -0.3 is 10.2 Å². The lowest BCUT2D eigenvalue weighted by Gasteiger charge is -2.28. The Morgan fingerprint density at radius 3 is 2.41 bits per heavy atom. The fourth-order valence-electron chi connectivity index (χ4n) is 4.40. The average Bonchev–Trinajstić information content (AvgIpc) is 3.20. The molecule has 0 aliphatic carbocycles. The van der Waals surface area contributed by atoms with E-state index in [1.165, 1.54) is 9.13 Å². The van der Waals surface area contributed by atoms with E-state index in [1.54, 1.807) is 47.4 Å². The Bertz CT molecular complexity index is 1570. The molecule has 7 nitrogen and oxygen atoms in total. The van der Waals surface area contributed by atoms with Crippen LogP contribution in [0.5, 0.6) is 0 Å². The lowest BCUT2D eigenvalue weighted by atomic mass is 10.1. The number of halogens is 3. The summed E-state index contributed by atoms with van der Waals surface area (Å²) in [5, 5.41) is 3.76. The van der Waals surface area contributed by atoms with Crippen LogP contribution in [0.1, 0.15) is 32.1 Å². The summed E-state index contributed by atoms with van der Waals surface area (Å²) >= 11 is 15.9. The lowest BCUT2D eigenvalue weighted by molar-refractivity contribution is 0.0675. The molecule has 37 heavy (non-hydrogen) atoms. The predicted molar refractivity (Wildman–Crippen MR) is 147 cm³/mol. The highest BCUT2D eigenvalue weighted by Crippen LogP contribution is 2.27. The molecule has 0 saturated heterocycles. The quantitative estimate of drug-likeness (QED) is 0.338. The van der Waals surface area contributed by atoms with Crippen LogP contribution in [0.2, 0.25) is 10.0 Å². The lowest BCUT2D eigenvalue weighted by Crippen LogP contribution is -2.42. The zero-order chi connectivity index (χ0) is 26.1. The number of para-hydroxylation sites is 1. The van der Waals surface area contributed by atoms with Gasteiger partial charge in [0.15, 0.2) is 0 Å². The van der Waals surface area contributed by atoms with Gasteiger partial charge in [0.1, 0.15) is 12.4 Å². The Balaban J connectivity index is 1.53. The highest BCUT2D eigenvalue weighted by molar-refractivity contribution is 9.10. The van der Waals surface area contributed by atoms with Crippen LogP contribution >= 0.6 is 39.1 Å². The van der Waals surface area contributed by atoms with Gasteiger partial charge in [-0.05, 0) is 51.8 Å². The molecule has 0 radical (unpaired) electrons. The van der Waals surface area contributed by atoms with Gasteiger partial charge >= 0.3 is 5.69 Å². The first-order chi connectivity index (χ1) is 17.8. The molecule has 0 bridgehead atoms. The third kappa shape index (κ3) is 4.97. The van der Waals surface area contributed by atoms with Gasteiger partial charge in [0.2, 0.25) is 0 Å². The van der Waals surface area contributed by atoms with Gasteiger partial charge in [-0.3, -0.25) is 18.7 Å². The van der Waals surface area contributed by atoms with E-state index in [4.69, 9.17) is 23.2 Å². The number of nitrogens with zero attached hydrogens (tertiary/aromatic N) is 3. The summed E-state index contributed by atoms with van der Waals surface area (Å²) in [4.78, 5) is 42.0. The summed E-state index contributed by atoms with van der Waals surface area (Å²) in [5.41, 5.74) is 2.11. The van der Waals surface area contributed by atoms with Crippen LogP contribution in [0.3, 0.4) is 0 Å². The Morgan fingerprint density at radius 2 is 1.68 bits per heavy atom. The van der Waals surface area contributed by atoms with E-state index < -0.39 is 11.6 Å². The maximum Gasteiger partial charge on any atom is 0.335 e. The Kier molecular flexibility index (Phi) is 7.24. The Labute approximate surface area is 231 Å². The number of rotatable bonds is 5. The van der Waals surface area contributed by atoms with Crippen molar-refractivity contribution in [3.05, 3.63) is 120 Å². The second-order valence-corrected chi connectivity index (χ2v) is 10.2. The fourth-order valence-corrected chi connectivity index (χ4v) is 5.12. The Morgan fingerprint density at radius 1 is 0.946 bits per heavy atom. The van der Waals surface area contributed by atoms with Gasteiger partial charge in [0, 0.05) is 29.5 Å². The number of carbonyl (C=O) groups excluding carboxylic acids is 2. The largest absolute Gasteiger partial charge is 0.347 e. The van der Waals surface area contributed by atoms with Gasteiger partial charge in [-0.15, -0.1) is 0 Å². The first-order valence-electron chi connectivity index (χ1n) is 11.5. The van der Waals surface area contributed by atoms with Crippen LogP contribution in [-0.2, 0) is 19.6 Å². The smallest absolute Gasteiger partial charge is 0.335 e. The molecule has 0 saturated carbocycles. The number of amides is 2. The summed E-state index contributed by atoms with van der Waals surface area (Å²) in [5.74, 6) is -0.633. The van der Waals surface area contributed by atoms with Crippen molar-refractivity contribution in [2.75, 3.05) is 6.54 Å². The number of fused-ring (bicyclic) bond motifs is 1. The zero-order valence-corrected chi connectivity index (χ0v) is 22.6. The summed E-state index contributed by atoms with van der Waals surface area (Å²) in [6.45, 7) is 0.644. The van der Waals surface area contributed by atoms with Crippen LogP contribution in [-0.4, -0.2) is 32.4 Å². The molecule has 1 aromatic heterocycles. The maximum absolute atomic E-state index is 13.7. The zero-order valence-electron chi connectivity index (χ0n) is 19.5. The molecule has 1 N–H and O–H groups in total. The molecule has 10 heteroatoms. The van der Waals surface area contributed by atoms with Gasteiger partial charge in [-0.2, -0.15) is 0 Å². The van der Waals surface area contributed by atoms with E-state index in [2.05, 4.69) is 21.2 Å². The van der Waals surface area contributed by atoms with E-state index in [0.29, 0.717) is 51.0 Å². The summed E-state index contributed by atoms with van der Waals surface area (Å²) < 4.78 is 3.41. The van der Waals surface area contributed by atoms with Gasteiger partial charge in [0.05, 0.1) is 21.4 Å². The van der Waals surface area contributed by atoms with Crippen LogP contribution < -0.4 is 11.0 Å². The van der Waals surface area contributed by atoms with E-state index in [0.717, 1.165) is 5.56 Å². The first kappa shape index (κ1) is 25.3. The minimum atomic E-state index is -0.442. The average molecular weight is 600 g/mol. The van der Waals surface area contributed by atoms with Crippen LogP contribution in [0.15, 0.2) is 82.1 Å². The SMILES string of the molecule is O=C(NCc1ccccc1)c1c2n(c(=O)n1-c1ccccc1Cl)CN(C(=O)c1ccc(Cl)c(Br)c1)CC2. The normalized spacial score (nSPS) is 12.8. The molecule has 5 rings (SSSR count). The monoisotopic (exact) mass is 598 g/mol. The molecular weight excluding hydrogens is 579 g/mol. The van der Waals surface area contributed by atoms with Crippen molar-refractivity contribution in [3.63, 3.8) is 0 Å². The minimum absolute atomic E-state index is 0.00363. The van der Waals surface area contributed by atoms with Crippen molar-refractivity contribution in [3.8, 4) is 5.69 Å². The maximum atomic E-state index is 13.7. The molecule has 1 aliphatic rings. The molecule has 0 atom stereocenters. The topological polar surface area (TPSA) is 76.3 Å². The van der Waals surface area contributed by atoms with Gasteiger partial charge in [0.25, 0.3) is 11.8 Å². The van der Waals surface area contributed by atoms with Crippen molar-refractivity contribution >= 4 is 50.9 Å². The minimum Gasteiger partial charge on any atom is -0.347 e. The molecule has 1 aliphatic heterocycles. The van der Waals surface area contributed by atoms with Crippen LogP contribution in [0.25, 0.3) is 5.69 Å². The van der Waals surface area contributed by atoms with Crippen LogP contribution in [0.4, 0.5) is 0 Å². The molecule has 2 amide bonds. The van der Waals surface area contributed by atoms with Crippen molar-refractivity contribution in [2.24, 2.45) is 0 Å². The van der Waals surface area contributed by atoms with E-state index in [-0.39, 0.29) is 18.3 Å².